The van der Waals surface area contributed by atoms with Crippen LogP contribution in [0.15, 0.2) is 48.5 Å². The van der Waals surface area contributed by atoms with Crippen LogP contribution in [0.1, 0.15) is 17.2 Å². The Hall–Kier alpha value is -1.47. The zero-order valence-electron chi connectivity index (χ0n) is 10.1. The fourth-order valence-electron chi connectivity index (χ4n) is 1.84. The molecule has 0 aliphatic carbocycles. The maximum absolute atomic E-state index is 10.6. The molecule has 2 rings (SSSR count). The van der Waals surface area contributed by atoms with E-state index in [1.165, 1.54) is 15.7 Å². The number of rotatable bonds is 4. The Morgan fingerprint density at radius 1 is 1.11 bits per heavy atom. The highest BCUT2D eigenvalue weighted by Gasteiger charge is 2.09. The summed E-state index contributed by atoms with van der Waals surface area (Å²) in [5, 5.41) is 10.6. The quantitative estimate of drug-likeness (QED) is 0.511. The van der Waals surface area contributed by atoms with Crippen LogP contribution in [0.25, 0.3) is 0 Å². The molecule has 0 amide bonds. The number of halogens is 1. The molecule has 1 unspecified atom stereocenters. The first-order chi connectivity index (χ1) is 9.06. The van der Waals surface area contributed by atoms with Crippen molar-refractivity contribution in [2.24, 2.45) is 5.73 Å². The van der Waals surface area contributed by atoms with Crippen molar-refractivity contribution in [2.75, 3.05) is 0 Å². The Morgan fingerprint density at radius 3 is 2.21 bits per heavy atom. The number of nitrogens with two attached hydrogens (primary N) is 1. The third-order valence-electron chi connectivity index (χ3n) is 2.90. The molecule has 0 bridgehead atoms. The summed E-state index contributed by atoms with van der Waals surface area (Å²) in [5.74, 6) is 0. The third kappa shape index (κ3) is 3.74. The van der Waals surface area contributed by atoms with Gasteiger partial charge in [0.05, 0.1) is 4.92 Å². The average Bonchev–Trinajstić information content (AvgIpc) is 2.40. The van der Waals surface area contributed by atoms with Gasteiger partial charge in [-0.15, -0.1) is 0 Å². The standard InChI is InChI=1S/C14H13IN2O2/c15-12-5-3-11(4-6-12)14(16)9-10-1-7-13(8-2-10)17(18)19/h1-8,14H,9,16H2. The summed E-state index contributed by atoms with van der Waals surface area (Å²) in [7, 11) is 0. The summed E-state index contributed by atoms with van der Waals surface area (Å²) >= 11 is 2.25. The lowest BCUT2D eigenvalue weighted by Gasteiger charge is -2.12. The predicted octanol–water partition coefficient (Wildman–Crippen LogP) is 3.44. The lowest BCUT2D eigenvalue weighted by atomic mass is 10.00. The number of nitro benzene ring substituents is 1. The molecule has 1 atom stereocenters. The minimum absolute atomic E-state index is 0.0987. The normalized spacial score (nSPS) is 12.1. The number of hydrogen-bond acceptors (Lipinski definition) is 3. The van der Waals surface area contributed by atoms with Gasteiger partial charge < -0.3 is 5.73 Å². The summed E-state index contributed by atoms with van der Waals surface area (Å²) in [5.41, 5.74) is 8.31. The maximum Gasteiger partial charge on any atom is 0.269 e. The van der Waals surface area contributed by atoms with Crippen LogP contribution in [0.5, 0.6) is 0 Å². The molecule has 0 spiro atoms. The molecule has 2 aromatic carbocycles. The fraction of sp³-hybridized carbons (Fsp3) is 0.143. The van der Waals surface area contributed by atoms with Crippen LogP contribution in [0.4, 0.5) is 5.69 Å². The Kier molecular flexibility index (Phi) is 4.49. The molecule has 4 nitrogen and oxygen atoms in total. The van der Waals surface area contributed by atoms with Gasteiger partial charge in [-0.3, -0.25) is 10.1 Å². The number of nitrogens with zero attached hydrogens (tertiary/aromatic N) is 1. The minimum Gasteiger partial charge on any atom is -0.324 e. The van der Waals surface area contributed by atoms with Crippen LogP contribution in [-0.2, 0) is 6.42 Å². The zero-order chi connectivity index (χ0) is 13.8. The van der Waals surface area contributed by atoms with Gasteiger partial charge in [0.2, 0.25) is 0 Å². The highest BCUT2D eigenvalue weighted by Crippen LogP contribution is 2.19. The van der Waals surface area contributed by atoms with E-state index in [9.17, 15) is 10.1 Å². The summed E-state index contributed by atoms with van der Waals surface area (Å²) in [6, 6.07) is 14.5. The molecule has 0 fully saturated rings. The predicted molar refractivity (Wildman–Crippen MR) is 82.9 cm³/mol. The zero-order valence-corrected chi connectivity index (χ0v) is 12.3. The number of non-ortho nitro benzene ring substituents is 1. The Morgan fingerprint density at radius 2 is 1.68 bits per heavy atom. The van der Waals surface area contributed by atoms with Crippen molar-refractivity contribution in [2.45, 2.75) is 12.5 Å². The molecule has 5 heteroatoms. The van der Waals surface area contributed by atoms with Crippen molar-refractivity contribution in [1.82, 2.24) is 0 Å². The van der Waals surface area contributed by atoms with Crippen LogP contribution < -0.4 is 5.73 Å². The van der Waals surface area contributed by atoms with Crippen molar-refractivity contribution in [3.05, 3.63) is 73.3 Å². The van der Waals surface area contributed by atoms with Crippen LogP contribution >= 0.6 is 22.6 Å². The first-order valence-corrected chi connectivity index (χ1v) is 6.88. The molecule has 0 aliphatic heterocycles. The fourth-order valence-corrected chi connectivity index (χ4v) is 2.20. The van der Waals surface area contributed by atoms with Gasteiger partial charge in [0.15, 0.2) is 0 Å². The van der Waals surface area contributed by atoms with Crippen LogP contribution in [-0.4, -0.2) is 4.92 Å². The van der Waals surface area contributed by atoms with Crippen LogP contribution in [0.3, 0.4) is 0 Å². The van der Waals surface area contributed by atoms with Crippen molar-refractivity contribution in [1.29, 1.82) is 0 Å². The molecule has 2 N–H and O–H groups in total. The van der Waals surface area contributed by atoms with Crippen LogP contribution in [0, 0.1) is 13.7 Å². The molecule has 98 valence electrons. The second-order valence-electron chi connectivity index (χ2n) is 4.29. The summed E-state index contributed by atoms with van der Waals surface area (Å²) in [4.78, 5) is 10.2. The lowest BCUT2D eigenvalue weighted by Crippen LogP contribution is -2.13. The van der Waals surface area contributed by atoms with Crippen molar-refractivity contribution < 1.29 is 4.92 Å². The van der Waals surface area contributed by atoms with Crippen LogP contribution in [0.2, 0.25) is 0 Å². The van der Waals surface area contributed by atoms with Gasteiger partial charge in [-0.2, -0.15) is 0 Å². The molecule has 2 aromatic rings. The Labute approximate surface area is 124 Å². The molecular formula is C14H13IN2O2. The highest BCUT2D eigenvalue weighted by atomic mass is 127. The maximum atomic E-state index is 10.6. The van der Waals surface area contributed by atoms with E-state index in [4.69, 9.17) is 5.73 Å². The number of benzene rings is 2. The van der Waals surface area contributed by atoms with E-state index < -0.39 is 4.92 Å². The monoisotopic (exact) mass is 368 g/mol. The molecule has 0 aromatic heterocycles. The lowest BCUT2D eigenvalue weighted by molar-refractivity contribution is -0.384. The smallest absolute Gasteiger partial charge is 0.269 e. The summed E-state index contributed by atoms with van der Waals surface area (Å²) in [6.45, 7) is 0. The van der Waals surface area contributed by atoms with Gasteiger partial charge in [-0.25, -0.2) is 0 Å². The van der Waals surface area contributed by atoms with Crippen molar-refractivity contribution >= 4 is 28.3 Å². The highest BCUT2D eigenvalue weighted by molar-refractivity contribution is 14.1. The second kappa shape index (κ2) is 6.12. The van der Waals surface area contributed by atoms with Crippen molar-refractivity contribution in [3.8, 4) is 0 Å². The SMILES string of the molecule is NC(Cc1ccc([N+](=O)[O-])cc1)c1ccc(I)cc1. The Bertz CT molecular complexity index is 567. The first kappa shape index (κ1) is 14.0. The van der Waals surface area contributed by atoms with E-state index >= 15 is 0 Å². The van der Waals surface area contributed by atoms with Gasteiger partial charge in [-0.05, 0) is 52.3 Å². The third-order valence-corrected chi connectivity index (χ3v) is 3.62. The average molecular weight is 368 g/mol. The molecular weight excluding hydrogens is 355 g/mol. The van der Waals surface area contributed by atoms with Gasteiger partial charge in [0.1, 0.15) is 0 Å². The van der Waals surface area contributed by atoms with Gasteiger partial charge in [0, 0.05) is 21.7 Å². The molecule has 0 saturated heterocycles. The van der Waals surface area contributed by atoms with E-state index in [2.05, 4.69) is 22.6 Å². The molecule has 0 radical (unpaired) electrons. The number of hydrogen-bond donors (Lipinski definition) is 1. The second-order valence-corrected chi connectivity index (χ2v) is 5.53. The molecule has 0 aliphatic rings. The molecule has 19 heavy (non-hydrogen) atoms. The van der Waals surface area contributed by atoms with E-state index in [0.717, 1.165) is 11.1 Å². The van der Waals surface area contributed by atoms with Gasteiger partial charge >= 0.3 is 0 Å². The first-order valence-electron chi connectivity index (χ1n) is 5.80. The number of nitro groups is 1. The molecule has 0 saturated carbocycles. The van der Waals surface area contributed by atoms with E-state index in [1.54, 1.807) is 12.1 Å². The van der Waals surface area contributed by atoms with Gasteiger partial charge in [0.25, 0.3) is 5.69 Å². The minimum atomic E-state index is -0.400. The van der Waals surface area contributed by atoms with Crippen molar-refractivity contribution in [3.63, 3.8) is 0 Å². The van der Waals surface area contributed by atoms with E-state index in [-0.39, 0.29) is 11.7 Å². The van der Waals surface area contributed by atoms with Gasteiger partial charge in [-0.1, -0.05) is 24.3 Å². The molecule has 0 heterocycles. The topological polar surface area (TPSA) is 69.2 Å². The Balaban J connectivity index is 2.08. The van der Waals surface area contributed by atoms with E-state index in [0.29, 0.717) is 6.42 Å². The largest absolute Gasteiger partial charge is 0.324 e. The summed E-state index contributed by atoms with van der Waals surface area (Å²) in [6.07, 6.45) is 0.665. The summed E-state index contributed by atoms with van der Waals surface area (Å²) < 4.78 is 1.17. The van der Waals surface area contributed by atoms with E-state index in [1.807, 2.05) is 24.3 Å².